The van der Waals surface area contributed by atoms with Crippen LogP contribution in [0.1, 0.15) is 44.6 Å². The molecule has 0 atom stereocenters. The summed E-state index contributed by atoms with van der Waals surface area (Å²) in [6, 6.07) is 8.33. The van der Waals surface area contributed by atoms with Crippen molar-refractivity contribution in [1.29, 1.82) is 0 Å². The lowest BCUT2D eigenvalue weighted by Crippen LogP contribution is -2.31. The number of rotatable bonds is 7. The van der Waals surface area contributed by atoms with E-state index in [2.05, 4.69) is 31.4 Å². The summed E-state index contributed by atoms with van der Waals surface area (Å²) in [6.07, 6.45) is 9.94. The van der Waals surface area contributed by atoms with Gasteiger partial charge < -0.3 is 9.47 Å². The molecule has 2 rings (SSSR count). The zero-order valence-electron chi connectivity index (χ0n) is 14.4. The molecule has 0 aromatic heterocycles. The van der Waals surface area contributed by atoms with Crippen LogP contribution in [0.15, 0.2) is 60.9 Å². The first-order valence-corrected chi connectivity index (χ1v) is 8.46. The van der Waals surface area contributed by atoms with Crippen LogP contribution in [0.2, 0.25) is 0 Å². The molecule has 1 saturated carbocycles. The number of methoxy groups -OCH3 is 1. The predicted octanol–water partition coefficient (Wildman–Crippen LogP) is 5.56. The third-order valence-electron chi connectivity index (χ3n) is 4.74. The van der Waals surface area contributed by atoms with Crippen LogP contribution in [0.25, 0.3) is 0 Å². The topological polar surface area (TPSA) is 18.5 Å². The van der Waals surface area contributed by atoms with Crippen molar-refractivity contribution in [2.45, 2.75) is 44.4 Å². The Bertz CT molecular complexity index is 577. The second-order valence-electron chi connectivity index (χ2n) is 6.10. The van der Waals surface area contributed by atoms with E-state index in [4.69, 9.17) is 9.47 Å². The fourth-order valence-corrected chi connectivity index (χ4v) is 3.55. The van der Waals surface area contributed by atoms with Gasteiger partial charge >= 0.3 is 0 Å². The Hall–Kier alpha value is -1.96. The number of hydrogen-bond donors (Lipinski definition) is 0. The molecule has 0 aliphatic heterocycles. The van der Waals surface area contributed by atoms with Crippen LogP contribution in [0, 0.1) is 0 Å². The smallest absolute Gasteiger partial charge is 0.122 e. The van der Waals surface area contributed by atoms with E-state index in [1.54, 1.807) is 7.11 Å². The molecule has 1 fully saturated rings. The van der Waals surface area contributed by atoms with Gasteiger partial charge in [-0.25, -0.2) is 0 Å². The van der Waals surface area contributed by atoms with Crippen molar-refractivity contribution >= 4 is 0 Å². The highest BCUT2D eigenvalue weighted by molar-refractivity contribution is 5.48. The largest absolute Gasteiger partial charge is 0.496 e. The van der Waals surface area contributed by atoms with Crippen LogP contribution in [0.3, 0.4) is 0 Å². The van der Waals surface area contributed by atoms with Crippen molar-refractivity contribution in [3.63, 3.8) is 0 Å². The van der Waals surface area contributed by atoms with Gasteiger partial charge in [-0.15, -0.1) is 0 Å². The first-order chi connectivity index (χ1) is 11.1. The molecule has 2 heteroatoms. The second-order valence-corrected chi connectivity index (χ2v) is 6.10. The van der Waals surface area contributed by atoms with Crippen LogP contribution in [0.4, 0.5) is 0 Å². The quantitative estimate of drug-likeness (QED) is 0.485. The average Bonchev–Trinajstić information content (AvgIpc) is 2.60. The van der Waals surface area contributed by atoms with Gasteiger partial charge in [0.25, 0.3) is 0 Å². The monoisotopic (exact) mass is 312 g/mol. The summed E-state index contributed by atoms with van der Waals surface area (Å²) in [5.74, 6) is 1.63. The van der Waals surface area contributed by atoms with Gasteiger partial charge in [-0.05, 0) is 37.5 Å². The fourth-order valence-electron chi connectivity index (χ4n) is 3.55. The van der Waals surface area contributed by atoms with E-state index in [0.29, 0.717) is 12.4 Å². The van der Waals surface area contributed by atoms with E-state index in [0.717, 1.165) is 24.2 Å². The minimum atomic E-state index is -0.0478. The summed E-state index contributed by atoms with van der Waals surface area (Å²) in [7, 11) is 1.74. The van der Waals surface area contributed by atoms with Crippen molar-refractivity contribution in [3.8, 4) is 5.75 Å². The molecule has 1 aliphatic rings. The summed E-state index contributed by atoms with van der Waals surface area (Å²) in [6.45, 7) is 10.9. The van der Waals surface area contributed by atoms with E-state index in [9.17, 15) is 0 Å². The number of hydrogen-bond acceptors (Lipinski definition) is 2. The lowest BCUT2D eigenvalue weighted by Gasteiger charge is -2.39. The normalized spacial score (nSPS) is 17.0. The van der Waals surface area contributed by atoms with Gasteiger partial charge in [0, 0.05) is 11.0 Å². The van der Waals surface area contributed by atoms with Crippen LogP contribution in [-0.4, -0.2) is 13.7 Å². The predicted molar refractivity (Wildman–Crippen MR) is 96.8 cm³/mol. The zero-order valence-corrected chi connectivity index (χ0v) is 14.4. The maximum atomic E-state index is 5.63. The molecule has 0 bridgehead atoms. The number of ether oxygens (including phenoxy) is 2. The van der Waals surface area contributed by atoms with Crippen molar-refractivity contribution in [2.24, 2.45) is 0 Å². The van der Waals surface area contributed by atoms with Crippen LogP contribution in [0.5, 0.6) is 5.75 Å². The molecule has 0 unspecified atom stereocenters. The Kier molecular flexibility index (Phi) is 6.09. The van der Waals surface area contributed by atoms with Gasteiger partial charge in [-0.2, -0.15) is 0 Å². The highest BCUT2D eigenvalue weighted by Crippen LogP contribution is 2.48. The van der Waals surface area contributed by atoms with Gasteiger partial charge in [-0.3, -0.25) is 0 Å². The van der Waals surface area contributed by atoms with Gasteiger partial charge in [0.15, 0.2) is 0 Å². The molecule has 2 nitrogen and oxygen atoms in total. The van der Waals surface area contributed by atoms with Gasteiger partial charge in [0.05, 0.1) is 13.7 Å². The minimum absolute atomic E-state index is 0.0478. The van der Waals surface area contributed by atoms with Crippen LogP contribution >= 0.6 is 0 Å². The molecular weight excluding hydrogens is 284 g/mol. The highest BCUT2D eigenvalue weighted by Gasteiger charge is 2.37. The Morgan fingerprint density at radius 3 is 2.48 bits per heavy atom. The standard InChI is InChI=1S/C21H28O2/c1-5-23-18(3)14-13-17(2)21(15-9-6-10-16-21)19-11-7-8-12-20(19)22-4/h7-8,11-14H,2-3,5-6,9-10,15-16H2,1,4H3/b14-13-. The molecule has 0 spiro atoms. The summed E-state index contributed by atoms with van der Waals surface area (Å²) in [5.41, 5.74) is 2.31. The Morgan fingerprint density at radius 2 is 1.83 bits per heavy atom. The zero-order chi connectivity index (χ0) is 16.7. The summed E-state index contributed by atoms with van der Waals surface area (Å²) >= 11 is 0. The minimum Gasteiger partial charge on any atom is -0.496 e. The molecule has 0 saturated heterocycles. The third-order valence-corrected chi connectivity index (χ3v) is 4.74. The lowest BCUT2D eigenvalue weighted by atomic mass is 9.65. The highest BCUT2D eigenvalue weighted by atomic mass is 16.5. The second kappa shape index (κ2) is 8.05. The number of benzene rings is 1. The molecule has 1 aliphatic carbocycles. The Morgan fingerprint density at radius 1 is 1.13 bits per heavy atom. The molecule has 0 amide bonds. The van der Waals surface area contributed by atoms with E-state index in [-0.39, 0.29) is 5.41 Å². The van der Waals surface area contributed by atoms with Crippen molar-refractivity contribution in [3.05, 3.63) is 66.5 Å². The van der Waals surface area contributed by atoms with Crippen molar-refractivity contribution in [1.82, 2.24) is 0 Å². The maximum absolute atomic E-state index is 5.63. The number of para-hydroxylation sites is 1. The molecule has 0 heterocycles. The third kappa shape index (κ3) is 3.87. The Labute approximate surface area is 140 Å². The molecule has 0 N–H and O–H groups in total. The van der Waals surface area contributed by atoms with Crippen molar-refractivity contribution in [2.75, 3.05) is 13.7 Å². The summed E-state index contributed by atoms with van der Waals surface area (Å²) in [4.78, 5) is 0. The van der Waals surface area contributed by atoms with Crippen LogP contribution < -0.4 is 4.74 Å². The van der Waals surface area contributed by atoms with Gasteiger partial charge in [0.1, 0.15) is 11.5 Å². The summed E-state index contributed by atoms with van der Waals surface area (Å²) < 4.78 is 11.0. The van der Waals surface area contributed by atoms with E-state index in [1.807, 2.05) is 25.1 Å². The van der Waals surface area contributed by atoms with Gasteiger partial charge in [0.2, 0.25) is 0 Å². The van der Waals surface area contributed by atoms with Crippen LogP contribution in [-0.2, 0) is 10.2 Å². The van der Waals surface area contributed by atoms with E-state index < -0.39 is 0 Å². The Balaban J connectivity index is 2.36. The fraction of sp³-hybridized carbons (Fsp3) is 0.429. The molecule has 23 heavy (non-hydrogen) atoms. The molecular formula is C21H28O2. The molecule has 124 valence electrons. The molecule has 0 radical (unpaired) electrons. The first kappa shape index (κ1) is 17.4. The lowest BCUT2D eigenvalue weighted by molar-refractivity contribution is 0.244. The summed E-state index contributed by atoms with van der Waals surface area (Å²) in [5, 5.41) is 0. The van der Waals surface area contributed by atoms with E-state index in [1.165, 1.54) is 24.8 Å². The SMILES string of the molecule is C=C(/C=C\C(=C)C1(c2ccccc2OC)CCCCC1)OCC. The first-order valence-electron chi connectivity index (χ1n) is 8.46. The molecule has 1 aromatic carbocycles. The molecule has 1 aromatic rings. The van der Waals surface area contributed by atoms with Gasteiger partial charge in [-0.1, -0.05) is 56.7 Å². The average molecular weight is 312 g/mol. The number of allylic oxidation sites excluding steroid dienone is 3. The maximum Gasteiger partial charge on any atom is 0.122 e. The van der Waals surface area contributed by atoms with Crippen molar-refractivity contribution < 1.29 is 9.47 Å². The van der Waals surface area contributed by atoms with E-state index >= 15 is 0 Å².